The molecule has 0 atom stereocenters. The van der Waals surface area contributed by atoms with Crippen LogP contribution in [0.25, 0.3) is 0 Å². The van der Waals surface area contributed by atoms with Crippen molar-refractivity contribution in [2.75, 3.05) is 0 Å². The summed E-state index contributed by atoms with van der Waals surface area (Å²) in [5, 5.41) is 0.624. The maximum Gasteiger partial charge on any atom is 0.126 e. The average molecular weight is 159 g/mol. The number of hydrogen-bond donors (Lipinski definition) is 0. The quantitative estimate of drug-likeness (QED) is 0.544. The lowest BCUT2D eigenvalue weighted by molar-refractivity contribution is 0.617. The Labute approximate surface area is 64.6 Å². The summed E-state index contributed by atoms with van der Waals surface area (Å²) in [6, 6.07) is 3.07. The molecule has 0 amide bonds. The topological polar surface area (TPSA) is 0 Å². The largest absolute Gasteiger partial charge is 0.207 e. The molecule has 1 aromatic rings. The molecule has 0 saturated carbocycles. The Bertz CT molecular complexity index is 205. The van der Waals surface area contributed by atoms with E-state index in [4.69, 9.17) is 11.6 Å². The molecule has 10 heavy (non-hydrogen) atoms. The van der Waals surface area contributed by atoms with Crippen LogP contribution in [0.5, 0.6) is 0 Å². The van der Waals surface area contributed by atoms with Gasteiger partial charge in [0.25, 0.3) is 0 Å². The van der Waals surface area contributed by atoms with Crippen LogP contribution in [0, 0.1) is 19.7 Å². The summed E-state index contributed by atoms with van der Waals surface area (Å²) in [4.78, 5) is 0. The van der Waals surface area contributed by atoms with E-state index in [1.165, 1.54) is 6.07 Å². The zero-order valence-electron chi connectivity index (χ0n) is 5.91. The van der Waals surface area contributed by atoms with Crippen molar-refractivity contribution in [3.63, 3.8) is 0 Å². The number of halogens is 2. The lowest BCUT2D eigenvalue weighted by Gasteiger charge is -1.99. The molecule has 0 radical (unpaired) electrons. The molecule has 0 aliphatic rings. The fourth-order valence-electron chi connectivity index (χ4n) is 0.746. The normalized spacial score (nSPS) is 10.0. The van der Waals surface area contributed by atoms with Gasteiger partial charge in [-0.25, -0.2) is 4.39 Å². The summed E-state index contributed by atoms with van der Waals surface area (Å²) in [6.45, 7) is 3.48. The van der Waals surface area contributed by atoms with Gasteiger partial charge in [-0.3, -0.25) is 0 Å². The maximum atomic E-state index is 12.7. The molecule has 0 N–H and O–H groups in total. The van der Waals surface area contributed by atoms with Crippen molar-refractivity contribution in [1.82, 2.24) is 0 Å². The number of aryl methyl sites for hydroxylation is 2. The Kier molecular flexibility index (Phi) is 1.95. The fraction of sp³-hybridized carbons (Fsp3) is 0.250. The molecule has 54 valence electrons. The minimum atomic E-state index is -0.193. The molecule has 1 rings (SSSR count). The van der Waals surface area contributed by atoms with E-state index >= 15 is 0 Å². The number of benzene rings is 1. The molecular formula is C8H8ClF. The van der Waals surface area contributed by atoms with Crippen LogP contribution in [0.1, 0.15) is 11.1 Å². The van der Waals surface area contributed by atoms with Gasteiger partial charge in [0, 0.05) is 5.02 Å². The smallest absolute Gasteiger partial charge is 0.126 e. The minimum absolute atomic E-state index is 0.193. The summed E-state index contributed by atoms with van der Waals surface area (Å²) < 4.78 is 12.7. The van der Waals surface area contributed by atoms with Gasteiger partial charge in [0.15, 0.2) is 0 Å². The van der Waals surface area contributed by atoms with Crippen molar-refractivity contribution in [3.8, 4) is 0 Å². The first-order valence-electron chi connectivity index (χ1n) is 3.03. The lowest BCUT2D eigenvalue weighted by Crippen LogP contribution is -1.84. The van der Waals surface area contributed by atoms with Gasteiger partial charge in [-0.2, -0.15) is 0 Å². The summed E-state index contributed by atoms with van der Waals surface area (Å²) in [6.07, 6.45) is 0. The minimum Gasteiger partial charge on any atom is -0.207 e. The second-order valence-electron chi connectivity index (χ2n) is 2.35. The monoisotopic (exact) mass is 158 g/mol. The van der Waals surface area contributed by atoms with E-state index in [9.17, 15) is 4.39 Å². The molecule has 0 unspecified atom stereocenters. The third-order valence-electron chi connectivity index (χ3n) is 1.44. The zero-order chi connectivity index (χ0) is 7.72. The Hall–Kier alpha value is -0.560. The Balaban J connectivity index is 3.28. The van der Waals surface area contributed by atoms with E-state index in [2.05, 4.69) is 0 Å². The highest BCUT2D eigenvalue weighted by Gasteiger charge is 2.00. The van der Waals surface area contributed by atoms with E-state index in [1.54, 1.807) is 19.9 Å². The highest BCUT2D eigenvalue weighted by Crippen LogP contribution is 2.18. The molecule has 0 aliphatic carbocycles. The van der Waals surface area contributed by atoms with Gasteiger partial charge in [0.05, 0.1) is 0 Å². The van der Waals surface area contributed by atoms with Crippen molar-refractivity contribution in [1.29, 1.82) is 0 Å². The molecule has 2 heteroatoms. The first-order chi connectivity index (χ1) is 4.61. The van der Waals surface area contributed by atoms with Crippen molar-refractivity contribution in [2.24, 2.45) is 0 Å². The van der Waals surface area contributed by atoms with Crippen LogP contribution in [0.3, 0.4) is 0 Å². The molecule has 0 saturated heterocycles. The van der Waals surface area contributed by atoms with Gasteiger partial charge in [-0.15, -0.1) is 0 Å². The molecule has 0 bridgehead atoms. The third kappa shape index (κ3) is 1.29. The zero-order valence-corrected chi connectivity index (χ0v) is 6.67. The Morgan fingerprint density at radius 2 is 1.80 bits per heavy atom. The summed E-state index contributed by atoms with van der Waals surface area (Å²) in [5.74, 6) is -0.193. The molecule has 0 spiro atoms. The van der Waals surface area contributed by atoms with E-state index < -0.39 is 0 Å². The molecular weight excluding hydrogens is 151 g/mol. The van der Waals surface area contributed by atoms with Crippen molar-refractivity contribution in [3.05, 3.63) is 34.1 Å². The summed E-state index contributed by atoms with van der Waals surface area (Å²) >= 11 is 5.72. The first kappa shape index (κ1) is 7.55. The summed E-state index contributed by atoms with van der Waals surface area (Å²) in [5.41, 5.74) is 1.38. The van der Waals surface area contributed by atoms with Crippen LogP contribution in [-0.2, 0) is 0 Å². The van der Waals surface area contributed by atoms with Gasteiger partial charge in [0.2, 0.25) is 0 Å². The second-order valence-corrected chi connectivity index (χ2v) is 2.76. The van der Waals surface area contributed by atoms with Gasteiger partial charge < -0.3 is 0 Å². The van der Waals surface area contributed by atoms with Crippen LogP contribution in [-0.4, -0.2) is 0 Å². The van der Waals surface area contributed by atoms with Gasteiger partial charge in [0.1, 0.15) is 5.82 Å². The van der Waals surface area contributed by atoms with Crippen molar-refractivity contribution < 1.29 is 4.39 Å². The number of hydrogen-bond acceptors (Lipinski definition) is 0. The first-order valence-corrected chi connectivity index (χ1v) is 3.41. The summed E-state index contributed by atoms with van der Waals surface area (Å²) in [7, 11) is 0. The molecule has 0 nitrogen and oxygen atoms in total. The van der Waals surface area contributed by atoms with Crippen LogP contribution in [0.15, 0.2) is 12.1 Å². The van der Waals surface area contributed by atoms with Crippen molar-refractivity contribution >= 4 is 11.6 Å². The van der Waals surface area contributed by atoms with E-state index in [0.29, 0.717) is 10.6 Å². The Morgan fingerprint density at radius 1 is 1.20 bits per heavy atom. The highest BCUT2D eigenvalue weighted by molar-refractivity contribution is 6.31. The number of rotatable bonds is 0. The second kappa shape index (κ2) is 2.59. The highest BCUT2D eigenvalue weighted by atomic mass is 35.5. The van der Waals surface area contributed by atoms with Gasteiger partial charge in [-0.1, -0.05) is 11.6 Å². The third-order valence-corrected chi connectivity index (χ3v) is 1.85. The van der Waals surface area contributed by atoms with E-state index in [-0.39, 0.29) is 5.82 Å². The van der Waals surface area contributed by atoms with Gasteiger partial charge >= 0.3 is 0 Å². The molecule has 1 aromatic carbocycles. The van der Waals surface area contributed by atoms with Crippen LogP contribution in [0.4, 0.5) is 4.39 Å². The predicted molar refractivity (Wildman–Crippen MR) is 40.9 cm³/mol. The van der Waals surface area contributed by atoms with E-state index in [0.717, 1.165) is 5.56 Å². The lowest BCUT2D eigenvalue weighted by atomic mass is 10.2. The van der Waals surface area contributed by atoms with Gasteiger partial charge in [-0.05, 0) is 37.1 Å². The SMILES string of the molecule is Cc1cc(Cl)c(C)cc1F. The molecule has 0 aliphatic heterocycles. The van der Waals surface area contributed by atoms with E-state index in [1.807, 2.05) is 0 Å². The van der Waals surface area contributed by atoms with Crippen molar-refractivity contribution in [2.45, 2.75) is 13.8 Å². The maximum absolute atomic E-state index is 12.7. The molecule has 0 fully saturated rings. The average Bonchev–Trinajstić information content (AvgIpc) is 1.84. The fourth-order valence-corrected chi connectivity index (χ4v) is 0.964. The van der Waals surface area contributed by atoms with Crippen LogP contribution >= 0.6 is 11.6 Å². The standard InChI is InChI=1S/C8H8ClF/c1-5-4-8(10)6(2)3-7(5)9/h3-4H,1-2H3. The Morgan fingerprint density at radius 3 is 2.30 bits per heavy atom. The van der Waals surface area contributed by atoms with Crippen LogP contribution in [0.2, 0.25) is 5.02 Å². The molecule has 0 aromatic heterocycles. The predicted octanol–water partition coefficient (Wildman–Crippen LogP) is 3.10. The van der Waals surface area contributed by atoms with Crippen LogP contribution < -0.4 is 0 Å². The molecule has 0 heterocycles.